The molecule has 1 saturated heterocycles. The van der Waals surface area contributed by atoms with Gasteiger partial charge < -0.3 is 9.84 Å². The fourth-order valence-electron chi connectivity index (χ4n) is 3.68. The lowest BCUT2D eigenvalue weighted by molar-refractivity contribution is -0.547. The van der Waals surface area contributed by atoms with E-state index in [0.29, 0.717) is 24.9 Å². The monoisotopic (exact) mass is 372 g/mol. The van der Waals surface area contributed by atoms with E-state index in [1.54, 1.807) is 11.6 Å². The molecule has 0 aromatic heterocycles. The van der Waals surface area contributed by atoms with Crippen LogP contribution in [-0.2, 0) is 4.79 Å². The summed E-state index contributed by atoms with van der Waals surface area (Å²) in [6, 6.07) is 6.37. The van der Waals surface area contributed by atoms with Crippen molar-refractivity contribution in [2.45, 2.75) is 19.1 Å². The Morgan fingerprint density at radius 1 is 1.22 bits per heavy atom. The van der Waals surface area contributed by atoms with Crippen molar-refractivity contribution >= 4 is 29.4 Å². The average Bonchev–Trinajstić information content (AvgIpc) is 3.04. The van der Waals surface area contributed by atoms with Crippen molar-refractivity contribution in [1.82, 2.24) is 9.80 Å². The number of amidine groups is 1. The van der Waals surface area contributed by atoms with E-state index in [9.17, 15) is 14.7 Å². The Balaban J connectivity index is 1.74. The molecule has 3 aliphatic rings. The Morgan fingerprint density at radius 2 is 1.93 bits per heavy atom. The average molecular weight is 372 g/mol. The fraction of sp³-hybridized carbons (Fsp3) is 0.444. The number of rotatable bonds is 3. The minimum Gasteiger partial charge on any atom is -0.494 e. The maximum atomic E-state index is 12.7. The molecule has 1 aromatic rings. The van der Waals surface area contributed by atoms with Gasteiger partial charge in [-0.2, -0.15) is 0 Å². The topological polar surface area (TPSA) is 88.7 Å². The molecule has 0 radical (unpaired) electrons. The second-order valence-electron chi connectivity index (χ2n) is 6.76. The highest BCUT2D eigenvalue weighted by molar-refractivity contribution is 6.23. The molecule has 142 valence electrons. The zero-order valence-corrected chi connectivity index (χ0v) is 15.5. The number of urea groups is 1. The molecule has 3 amide bonds. The molecule has 3 heterocycles. The molecule has 4 rings (SSSR count). The van der Waals surface area contributed by atoms with Crippen LogP contribution in [0.1, 0.15) is 6.92 Å². The number of fused-ring (bicyclic) bond motifs is 2. The van der Waals surface area contributed by atoms with Gasteiger partial charge in [-0.3, -0.25) is 14.6 Å². The Bertz CT molecular complexity index is 863. The number of likely N-dealkylation sites (N-methyl/N-ethyl adjacent to an activating group) is 2. The summed E-state index contributed by atoms with van der Waals surface area (Å²) in [4.78, 5) is 33.9. The molecule has 1 fully saturated rings. The number of β-amino-alcohol motifs (C(OH)–C–C–N with tert-alkyl or cyclic N) is 1. The first-order chi connectivity index (χ1) is 12.9. The lowest BCUT2D eigenvalue weighted by atomic mass is 10.1. The molecule has 2 atom stereocenters. The van der Waals surface area contributed by atoms with Crippen LogP contribution in [0.4, 0.5) is 10.5 Å². The molecule has 0 aliphatic carbocycles. The molecule has 1 aromatic carbocycles. The molecule has 3 aliphatic heterocycles. The number of aliphatic imine (C=N–C) groups is 1. The van der Waals surface area contributed by atoms with Gasteiger partial charge in [0.1, 0.15) is 24.1 Å². The van der Waals surface area contributed by atoms with E-state index in [1.165, 1.54) is 11.9 Å². The number of aliphatic hydroxyl groups is 1. The number of aliphatic hydroxyl groups excluding tert-OH is 1. The summed E-state index contributed by atoms with van der Waals surface area (Å²) >= 11 is 0. The Morgan fingerprint density at radius 3 is 2.59 bits per heavy atom. The molecular formula is C18H22N5O4+. The van der Waals surface area contributed by atoms with E-state index in [2.05, 4.69) is 4.99 Å². The van der Waals surface area contributed by atoms with Crippen molar-refractivity contribution in [3.8, 4) is 5.75 Å². The molecule has 2 unspecified atom stereocenters. The van der Waals surface area contributed by atoms with Crippen LogP contribution in [-0.4, -0.2) is 89.2 Å². The number of guanidine groups is 1. The van der Waals surface area contributed by atoms with E-state index in [4.69, 9.17) is 4.74 Å². The number of ether oxygens (including phenoxy) is 1. The lowest BCUT2D eigenvalue weighted by Gasteiger charge is -2.33. The van der Waals surface area contributed by atoms with Crippen LogP contribution in [0.25, 0.3) is 0 Å². The highest BCUT2D eigenvalue weighted by Crippen LogP contribution is 2.27. The van der Waals surface area contributed by atoms with Crippen LogP contribution < -0.4 is 9.64 Å². The van der Waals surface area contributed by atoms with E-state index < -0.39 is 18.2 Å². The summed E-state index contributed by atoms with van der Waals surface area (Å²) in [6.45, 7) is 3.14. The number of hydrogen-bond donors (Lipinski definition) is 1. The molecule has 9 nitrogen and oxygen atoms in total. The smallest absolute Gasteiger partial charge is 0.397 e. The van der Waals surface area contributed by atoms with E-state index in [-0.39, 0.29) is 12.5 Å². The van der Waals surface area contributed by atoms with E-state index in [0.717, 1.165) is 16.3 Å². The van der Waals surface area contributed by atoms with Gasteiger partial charge in [0.25, 0.3) is 5.91 Å². The van der Waals surface area contributed by atoms with Crippen LogP contribution in [0.3, 0.4) is 0 Å². The molecule has 1 N–H and O–H groups in total. The van der Waals surface area contributed by atoms with Crippen LogP contribution in [0, 0.1) is 0 Å². The number of nitrogens with zero attached hydrogens (tertiary/aromatic N) is 5. The summed E-state index contributed by atoms with van der Waals surface area (Å²) in [7, 11) is 3.06. The summed E-state index contributed by atoms with van der Waals surface area (Å²) in [5, 5.41) is 10.4. The molecule has 0 bridgehead atoms. The number of benzene rings is 1. The third-order valence-corrected chi connectivity index (χ3v) is 5.01. The maximum Gasteiger partial charge on any atom is 0.397 e. The van der Waals surface area contributed by atoms with Gasteiger partial charge in [0.2, 0.25) is 11.9 Å². The summed E-state index contributed by atoms with van der Waals surface area (Å²) in [5.74, 6) is 1.37. The second-order valence-corrected chi connectivity index (χ2v) is 6.76. The van der Waals surface area contributed by atoms with Gasteiger partial charge in [0, 0.05) is 14.1 Å². The van der Waals surface area contributed by atoms with Gasteiger partial charge in [-0.1, -0.05) is 4.99 Å². The van der Waals surface area contributed by atoms with Crippen LogP contribution in [0.2, 0.25) is 0 Å². The molecule has 27 heavy (non-hydrogen) atoms. The minimum atomic E-state index is -0.701. The van der Waals surface area contributed by atoms with E-state index >= 15 is 0 Å². The van der Waals surface area contributed by atoms with Gasteiger partial charge >= 0.3 is 12.0 Å². The van der Waals surface area contributed by atoms with E-state index in [1.807, 2.05) is 36.1 Å². The van der Waals surface area contributed by atoms with Crippen molar-refractivity contribution in [3.63, 3.8) is 0 Å². The predicted octanol–water partition coefficient (Wildman–Crippen LogP) is -0.0608. The van der Waals surface area contributed by atoms with Gasteiger partial charge in [0.05, 0.1) is 13.2 Å². The normalized spacial score (nSPS) is 24.9. The SMILES string of the molecule is CCOc1ccc(N2CC(O)C[N+]3=C2N=C2C3C(=O)N(C)C(=O)N2C)cc1. The molecular weight excluding hydrogens is 350 g/mol. The first-order valence-electron chi connectivity index (χ1n) is 8.88. The Labute approximate surface area is 156 Å². The molecule has 0 spiro atoms. The molecule has 0 saturated carbocycles. The van der Waals surface area contributed by atoms with Crippen LogP contribution in [0.15, 0.2) is 29.3 Å². The van der Waals surface area contributed by atoms with Gasteiger partial charge in [0.15, 0.2) is 0 Å². The summed E-state index contributed by atoms with van der Waals surface area (Å²) in [5.41, 5.74) is 0.829. The number of carbonyl (C=O) groups is 2. The van der Waals surface area contributed by atoms with Crippen LogP contribution in [0.5, 0.6) is 5.75 Å². The largest absolute Gasteiger partial charge is 0.494 e. The number of amides is 3. The third-order valence-electron chi connectivity index (χ3n) is 5.01. The quantitative estimate of drug-likeness (QED) is 0.751. The van der Waals surface area contributed by atoms with Crippen molar-refractivity contribution in [2.24, 2.45) is 4.99 Å². The summed E-state index contributed by atoms with van der Waals surface area (Å²) in [6.07, 6.45) is -0.657. The Kier molecular flexibility index (Phi) is 4.11. The van der Waals surface area contributed by atoms with Gasteiger partial charge in [-0.25, -0.2) is 14.3 Å². The number of carbonyl (C=O) groups excluding carboxylic acids is 2. The number of hydrogen-bond acceptors (Lipinski definition) is 6. The van der Waals surface area contributed by atoms with Gasteiger partial charge in [-0.15, -0.1) is 0 Å². The molecule has 9 heteroatoms. The van der Waals surface area contributed by atoms with Crippen molar-refractivity contribution in [3.05, 3.63) is 24.3 Å². The highest BCUT2D eigenvalue weighted by atomic mass is 16.5. The first kappa shape index (κ1) is 17.5. The lowest BCUT2D eigenvalue weighted by Crippen LogP contribution is -2.63. The second kappa shape index (κ2) is 6.34. The first-order valence-corrected chi connectivity index (χ1v) is 8.88. The zero-order chi connectivity index (χ0) is 19.3. The number of imide groups is 1. The standard InChI is InChI=1S/C18H22N5O4/c1-4-27-13-7-5-11(6-8-13)22-9-12(24)10-23-14-15(19-17(22)23)20(2)18(26)21(3)16(14)25/h5-8,12,14,24H,4,9-10H2,1-3H3/q+1. The fourth-order valence-corrected chi connectivity index (χ4v) is 3.68. The van der Waals surface area contributed by atoms with Crippen molar-refractivity contribution in [2.75, 3.05) is 38.7 Å². The predicted molar refractivity (Wildman–Crippen MR) is 98.3 cm³/mol. The van der Waals surface area contributed by atoms with Crippen molar-refractivity contribution in [1.29, 1.82) is 0 Å². The van der Waals surface area contributed by atoms with Gasteiger partial charge in [-0.05, 0) is 31.2 Å². The highest BCUT2D eigenvalue weighted by Gasteiger charge is 2.54. The van der Waals surface area contributed by atoms with Crippen LogP contribution >= 0.6 is 0 Å². The third kappa shape index (κ3) is 2.66. The maximum absolute atomic E-state index is 12.7. The summed E-state index contributed by atoms with van der Waals surface area (Å²) < 4.78 is 7.24. The zero-order valence-electron chi connectivity index (χ0n) is 15.5. The van der Waals surface area contributed by atoms with Crippen molar-refractivity contribution < 1.29 is 24.0 Å². The minimum absolute atomic E-state index is 0.280. The Hall–Kier alpha value is -2.94. The number of anilines is 1.